The summed E-state index contributed by atoms with van der Waals surface area (Å²) in [6.45, 7) is 9.71. The summed E-state index contributed by atoms with van der Waals surface area (Å²) in [5, 5.41) is 0. The van der Waals surface area contributed by atoms with Crippen molar-refractivity contribution < 1.29 is 19.1 Å². The zero-order chi connectivity index (χ0) is 18.7. The Morgan fingerprint density at radius 3 is 1.76 bits per heavy atom. The molecule has 132 valence electrons. The van der Waals surface area contributed by atoms with Gasteiger partial charge in [-0.15, -0.1) is 0 Å². The quantitative estimate of drug-likeness (QED) is 0.588. The fourth-order valence-electron chi connectivity index (χ4n) is 1.85. The van der Waals surface area contributed by atoms with Gasteiger partial charge in [0.25, 0.3) is 0 Å². The molecule has 0 saturated heterocycles. The maximum atomic E-state index is 12.4. The molecule has 0 atom stereocenters. The highest BCUT2D eigenvalue weighted by atomic mass is 16.5. The van der Waals surface area contributed by atoms with E-state index in [4.69, 9.17) is 9.47 Å². The van der Waals surface area contributed by atoms with E-state index in [1.54, 1.807) is 48.5 Å². The topological polar surface area (TPSA) is 52.6 Å². The molecule has 2 aromatic carbocycles. The summed E-state index contributed by atoms with van der Waals surface area (Å²) >= 11 is 0. The van der Waals surface area contributed by atoms with Crippen molar-refractivity contribution >= 4 is 11.9 Å². The van der Waals surface area contributed by atoms with Gasteiger partial charge >= 0.3 is 11.9 Å². The number of carbonyl (C=O) groups is 2. The number of benzene rings is 2. The van der Waals surface area contributed by atoms with Crippen LogP contribution in [0, 0.1) is 10.8 Å². The molecule has 0 amide bonds. The Kier molecular flexibility index (Phi) is 5.31. The third-order valence-electron chi connectivity index (χ3n) is 4.64. The Morgan fingerprint density at radius 2 is 1.24 bits per heavy atom. The average Bonchev–Trinajstić information content (AvgIpc) is 2.55. The first-order chi connectivity index (χ1) is 11.6. The number of ether oxygens (including phenoxy) is 2. The highest BCUT2D eigenvalue weighted by molar-refractivity contribution is 5.91. The minimum atomic E-state index is -0.641. The summed E-state index contributed by atoms with van der Waals surface area (Å²) in [5.74, 6) is 0.118. The first kappa shape index (κ1) is 18.7. The van der Waals surface area contributed by atoms with E-state index >= 15 is 0 Å². The highest BCUT2D eigenvalue weighted by Gasteiger charge is 2.41. The third kappa shape index (κ3) is 4.47. The normalized spacial score (nSPS) is 11.7. The molecule has 0 radical (unpaired) electrons. The van der Waals surface area contributed by atoms with Gasteiger partial charge in [-0.2, -0.15) is 0 Å². The lowest BCUT2D eigenvalue weighted by molar-refractivity contribution is -0.150. The molecule has 2 rings (SSSR count). The van der Waals surface area contributed by atoms with E-state index < -0.39 is 11.4 Å². The van der Waals surface area contributed by atoms with Gasteiger partial charge in [-0.1, -0.05) is 39.0 Å². The van der Waals surface area contributed by atoms with Crippen molar-refractivity contribution in [3.63, 3.8) is 0 Å². The van der Waals surface area contributed by atoms with Crippen LogP contribution < -0.4 is 9.47 Å². The Balaban J connectivity index is 2.05. The summed E-state index contributed by atoms with van der Waals surface area (Å²) in [6, 6.07) is 15.2. The van der Waals surface area contributed by atoms with E-state index in [-0.39, 0.29) is 11.4 Å². The van der Waals surface area contributed by atoms with Gasteiger partial charge in [-0.05, 0) is 55.7 Å². The van der Waals surface area contributed by atoms with Crippen LogP contribution in [0.3, 0.4) is 0 Å². The Morgan fingerprint density at radius 1 is 0.720 bits per heavy atom. The van der Waals surface area contributed by atoms with Crippen molar-refractivity contribution in [1.29, 1.82) is 0 Å². The summed E-state index contributed by atoms with van der Waals surface area (Å²) in [4.78, 5) is 24.5. The van der Waals surface area contributed by atoms with E-state index in [1.165, 1.54) is 0 Å². The second kappa shape index (κ2) is 7.09. The maximum absolute atomic E-state index is 12.4. The molecule has 0 saturated carbocycles. The minimum absolute atomic E-state index is 0.233. The molecule has 4 heteroatoms. The van der Waals surface area contributed by atoms with E-state index in [1.807, 2.05) is 40.7 Å². The number of hydrogen-bond acceptors (Lipinski definition) is 4. The molecular weight excluding hydrogens is 316 g/mol. The van der Waals surface area contributed by atoms with Gasteiger partial charge in [-0.25, -0.2) is 4.79 Å². The van der Waals surface area contributed by atoms with Crippen LogP contribution in [0.5, 0.6) is 11.5 Å². The zero-order valence-corrected chi connectivity index (χ0v) is 15.3. The van der Waals surface area contributed by atoms with Gasteiger partial charge in [0.1, 0.15) is 11.5 Å². The fraction of sp³-hybridized carbons (Fsp3) is 0.333. The lowest BCUT2D eigenvalue weighted by Gasteiger charge is -2.36. The van der Waals surface area contributed by atoms with Gasteiger partial charge in [0, 0.05) is 0 Å². The van der Waals surface area contributed by atoms with Crippen LogP contribution in [0.15, 0.2) is 54.6 Å². The molecule has 0 aliphatic rings. The van der Waals surface area contributed by atoms with Gasteiger partial charge in [-0.3, -0.25) is 4.79 Å². The summed E-state index contributed by atoms with van der Waals surface area (Å²) in [6.07, 6.45) is 0. The lowest BCUT2D eigenvalue weighted by atomic mass is 9.69. The highest BCUT2D eigenvalue weighted by Crippen LogP contribution is 2.39. The number of esters is 2. The van der Waals surface area contributed by atoms with Crippen molar-refractivity contribution in [1.82, 2.24) is 0 Å². The Bertz CT molecular complexity index is 738. The second-order valence-corrected chi connectivity index (χ2v) is 7.49. The van der Waals surface area contributed by atoms with E-state index in [0.717, 1.165) is 0 Å². The van der Waals surface area contributed by atoms with Crippen molar-refractivity contribution in [2.24, 2.45) is 10.8 Å². The van der Waals surface area contributed by atoms with Crippen LogP contribution >= 0.6 is 0 Å². The van der Waals surface area contributed by atoms with Crippen molar-refractivity contribution in [3.05, 3.63) is 60.2 Å². The molecule has 2 aromatic rings. The van der Waals surface area contributed by atoms with Crippen molar-refractivity contribution in [2.45, 2.75) is 34.6 Å². The van der Waals surface area contributed by atoms with Crippen LogP contribution in [0.4, 0.5) is 0 Å². The van der Waals surface area contributed by atoms with Crippen molar-refractivity contribution in [3.8, 4) is 11.5 Å². The first-order valence-electron chi connectivity index (χ1n) is 8.21. The van der Waals surface area contributed by atoms with Crippen LogP contribution in [0.2, 0.25) is 0 Å². The van der Waals surface area contributed by atoms with Crippen LogP contribution in [0.25, 0.3) is 0 Å². The van der Waals surface area contributed by atoms with Gasteiger partial charge < -0.3 is 9.47 Å². The second-order valence-electron chi connectivity index (χ2n) is 7.49. The molecule has 0 bridgehead atoms. The van der Waals surface area contributed by atoms with Gasteiger partial charge in [0.05, 0.1) is 11.0 Å². The Labute approximate surface area is 148 Å². The smallest absolute Gasteiger partial charge is 0.343 e. The van der Waals surface area contributed by atoms with Gasteiger partial charge in [0.2, 0.25) is 0 Å². The molecule has 0 aliphatic carbocycles. The Hall–Kier alpha value is -2.62. The lowest BCUT2D eigenvalue weighted by Crippen LogP contribution is -2.40. The number of rotatable bonds is 4. The van der Waals surface area contributed by atoms with Crippen LogP contribution in [-0.2, 0) is 4.79 Å². The molecule has 0 spiro atoms. The first-order valence-corrected chi connectivity index (χ1v) is 8.21. The molecule has 0 aromatic heterocycles. The number of para-hydroxylation sites is 1. The maximum Gasteiger partial charge on any atom is 0.343 e. The fourth-order valence-corrected chi connectivity index (χ4v) is 1.85. The van der Waals surface area contributed by atoms with Crippen LogP contribution in [0.1, 0.15) is 45.0 Å². The van der Waals surface area contributed by atoms with Crippen molar-refractivity contribution in [2.75, 3.05) is 0 Å². The van der Waals surface area contributed by atoms with Gasteiger partial charge in [0.15, 0.2) is 0 Å². The predicted octanol–water partition coefficient (Wildman–Crippen LogP) is 4.88. The zero-order valence-electron chi connectivity index (χ0n) is 15.3. The number of hydrogen-bond donors (Lipinski definition) is 0. The molecule has 0 unspecified atom stereocenters. The summed E-state index contributed by atoms with van der Waals surface area (Å²) < 4.78 is 10.7. The van der Waals surface area contributed by atoms with E-state index in [9.17, 15) is 9.59 Å². The summed E-state index contributed by atoms with van der Waals surface area (Å²) in [5.41, 5.74) is -0.486. The molecular formula is C21H24O4. The average molecular weight is 340 g/mol. The predicted molar refractivity (Wildman–Crippen MR) is 96.7 cm³/mol. The molecule has 0 N–H and O–H groups in total. The SMILES string of the molecule is CC(C)(C)C(C)(C)C(=O)Oc1ccc(C(=O)Oc2ccccc2)cc1. The molecule has 0 aliphatic heterocycles. The third-order valence-corrected chi connectivity index (χ3v) is 4.64. The molecule has 25 heavy (non-hydrogen) atoms. The number of carbonyl (C=O) groups excluding carboxylic acids is 2. The monoisotopic (exact) mass is 340 g/mol. The summed E-state index contributed by atoms with van der Waals surface area (Å²) in [7, 11) is 0. The molecule has 0 fully saturated rings. The minimum Gasteiger partial charge on any atom is -0.426 e. The van der Waals surface area contributed by atoms with E-state index in [0.29, 0.717) is 17.1 Å². The standard InChI is InChI=1S/C21H24O4/c1-20(2,3)21(4,5)19(23)25-17-13-11-15(12-14-17)18(22)24-16-9-7-6-8-10-16/h6-14H,1-5H3. The largest absolute Gasteiger partial charge is 0.426 e. The van der Waals surface area contributed by atoms with Crippen LogP contribution in [-0.4, -0.2) is 11.9 Å². The molecule has 0 heterocycles. The molecule has 4 nitrogen and oxygen atoms in total. The van der Waals surface area contributed by atoms with E-state index in [2.05, 4.69) is 0 Å².